The molecule has 0 saturated heterocycles. The molecule has 0 amide bonds. The van der Waals surface area contributed by atoms with E-state index < -0.39 is 0 Å². The van der Waals surface area contributed by atoms with E-state index in [2.05, 4.69) is 16.6 Å². The first-order valence-electron chi connectivity index (χ1n) is 3.24. The molecule has 0 fully saturated rings. The van der Waals surface area contributed by atoms with Crippen LogP contribution in [0.3, 0.4) is 0 Å². The molecule has 0 spiro atoms. The lowest BCUT2D eigenvalue weighted by molar-refractivity contribution is 1.23. The quantitative estimate of drug-likeness (QED) is 0.480. The Morgan fingerprint density at radius 2 is 2.40 bits per heavy atom. The summed E-state index contributed by atoms with van der Waals surface area (Å²) < 4.78 is 0. The highest BCUT2D eigenvalue weighted by Gasteiger charge is 1.85. The van der Waals surface area contributed by atoms with Crippen LogP contribution in [0.5, 0.6) is 0 Å². The summed E-state index contributed by atoms with van der Waals surface area (Å²) in [5.74, 6) is 0. The molecule has 1 heterocycles. The lowest BCUT2D eigenvalue weighted by Gasteiger charge is -1.87. The van der Waals surface area contributed by atoms with Crippen LogP contribution in [0.15, 0.2) is 34.4 Å². The van der Waals surface area contributed by atoms with Crippen molar-refractivity contribution >= 4 is 12.4 Å². The summed E-state index contributed by atoms with van der Waals surface area (Å²) in [6, 6.07) is 0. The van der Waals surface area contributed by atoms with E-state index in [1.807, 2.05) is 12.3 Å². The molecule has 0 aromatic rings. The number of rotatable bonds is 0. The maximum Gasteiger partial charge on any atom is 0.0584 e. The number of allylic oxidation sites excluding steroid dienone is 1. The van der Waals surface area contributed by atoms with Crippen LogP contribution in [-0.4, -0.2) is 19.0 Å². The summed E-state index contributed by atoms with van der Waals surface area (Å²) >= 11 is 0. The van der Waals surface area contributed by atoms with Gasteiger partial charge in [0, 0.05) is 25.0 Å². The Kier molecular flexibility index (Phi) is 2.62. The summed E-state index contributed by atoms with van der Waals surface area (Å²) in [7, 11) is 0. The van der Waals surface area contributed by atoms with Crippen LogP contribution in [0.1, 0.15) is 6.42 Å². The zero-order valence-corrected chi connectivity index (χ0v) is 5.83. The van der Waals surface area contributed by atoms with Crippen LogP contribution in [0, 0.1) is 0 Å². The predicted molar refractivity (Wildman–Crippen MR) is 44.7 cm³/mol. The molecule has 0 radical (unpaired) electrons. The number of hydrogen-bond acceptors (Lipinski definition) is 2. The fourth-order valence-electron chi connectivity index (χ4n) is 0.626. The van der Waals surface area contributed by atoms with Gasteiger partial charge in [-0.05, 0) is 11.6 Å². The number of nitrogens with zero attached hydrogens (tertiary/aromatic N) is 2. The molecule has 0 aromatic carbocycles. The van der Waals surface area contributed by atoms with Crippen molar-refractivity contribution in [3.8, 4) is 0 Å². The van der Waals surface area contributed by atoms with Gasteiger partial charge in [0.2, 0.25) is 0 Å². The van der Waals surface area contributed by atoms with Crippen molar-refractivity contribution in [3.63, 3.8) is 0 Å². The molecule has 10 heavy (non-hydrogen) atoms. The smallest absolute Gasteiger partial charge is 0.0584 e. The van der Waals surface area contributed by atoms with Crippen LogP contribution in [0.25, 0.3) is 0 Å². The molecule has 1 rings (SSSR count). The van der Waals surface area contributed by atoms with Gasteiger partial charge in [-0.2, -0.15) is 0 Å². The first-order valence-corrected chi connectivity index (χ1v) is 3.24. The second kappa shape index (κ2) is 3.77. The summed E-state index contributed by atoms with van der Waals surface area (Å²) in [5, 5.41) is 0. The third-order valence-electron chi connectivity index (χ3n) is 1.14. The molecule has 0 bridgehead atoms. The minimum absolute atomic E-state index is 0.727. The normalized spacial score (nSPS) is 21.4. The Hall–Kier alpha value is -1.18. The molecule has 52 valence electrons. The zero-order chi connectivity index (χ0) is 7.23. The average Bonchev–Trinajstić information content (AvgIpc) is 2.02. The molecule has 2 nitrogen and oxygen atoms in total. The van der Waals surface area contributed by atoms with E-state index in [1.54, 1.807) is 12.4 Å². The van der Waals surface area contributed by atoms with E-state index in [9.17, 15) is 0 Å². The van der Waals surface area contributed by atoms with E-state index in [4.69, 9.17) is 0 Å². The Morgan fingerprint density at radius 3 is 3.30 bits per heavy atom. The van der Waals surface area contributed by atoms with Gasteiger partial charge in [0.15, 0.2) is 0 Å². The fraction of sp³-hybridized carbons (Fsp3) is 0.250. The van der Waals surface area contributed by atoms with Crippen LogP contribution < -0.4 is 0 Å². The van der Waals surface area contributed by atoms with Crippen LogP contribution in [-0.2, 0) is 0 Å². The molecule has 0 saturated carbocycles. The molecule has 0 atom stereocenters. The SMILES string of the molecule is C=C1C=N/C=C\CN=CC1. The summed E-state index contributed by atoms with van der Waals surface area (Å²) in [6.07, 6.45) is 8.09. The maximum atomic E-state index is 4.09. The monoisotopic (exact) mass is 134 g/mol. The van der Waals surface area contributed by atoms with Crippen molar-refractivity contribution in [3.05, 3.63) is 24.4 Å². The highest BCUT2D eigenvalue weighted by Crippen LogP contribution is 1.93. The second-order valence-corrected chi connectivity index (χ2v) is 2.07. The molecular formula is C8H10N2. The Balaban J connectivity index is 2.62. The summed E-state index contributed by atoms with van der Waals surface area (Å²) in [4.78, 5) is 8.08. The molecule has 1 aliphatic heterocycles. The largest absolute Gasteiger partial charge is 0.293 e. The van der Waals surface area contributed by atoms with Crippen molar-refractivity contribution in [2.24, 2.45) is 9.98 Å². The lowest BCUT2D eigenvalue weighted by atomic mass is 10.2. The molecule has 0 aromatic heterocycles. The standard InChI is InChI=1S/C8H10N2/c1-8-3-6-9-4-2-5-10-7-8/h2,5-7H,1,3-4H2/b5-2-,9-6?,10-7?. The highest BCUT2D eigenvalue weighted by atomic mass is 14.7. The molecule has 0 unspecified atom stereocenters. The Bertz CT molecular complexity index is 199. The Labute approximate surface area is 60.7 Å². The van der Waals surface area contributed by atoms with Crippen molar-refractivity contribution in [1.29, 1.82) is 0 Å². The van der Waals surface area contributed by atoms with Gasteiger partial charge < -0.3 is 0 Å². The first kappa shape index (κ1) is 6.93. The summed E-state index contributed by atoms with van der Waals surface area (Å²) in [6.45, 7) is 4.51. The molecule has 0 aliphatic carbocycles. The third-order valence-corrected chi connectivity index (χ3v) is 1.14. The van der Waals surface area contributed by atoms with Gasteiger partial charge in [-0.25, -0.2) is 0 Å². The summed E-state index contributed by atoms with van der Waals surface area (Å²) in [5.41, 5.74) is 0.996. The topological polar surface area (TPSA) is 24.7 Å². The van der Waals surface area contributed by atoms with E-state index >= 15 is 0 Å². The van der Waals surface area contributed by atoms with Gasteiger partial charge in [0.25, 0.3) is 0 Å². The van der Waals surface area contributed by atoms with Gasteiger partial charge in [-0.1, -0.05) is 6.58 Å². The van der Waals surface area contributed by atoms with Gasteiger partial charge in [-0.15, -0.1) is 0 Å². The molecule has 2 heteroatoms. The maximum absolute atomic E-state index is 4.09. The minimum atomic E-state index is 0.727. The van der Waals surface area contributed by atoms with E-state index in [0.717, 1.165) is 18.5 Å². The van der Waals surface area contributed by atoms with E-state index in [-0.39, 0.29) is 0 Å². The third kappa shape index (κ3) is 2.40. The zero-order valence-electron chi connectivity index (χ0n) is 5.83. The van der Waals surface area contributed by atoms with Gasteiger partial charge in [-0.3, -0.25) is 9.98 Å². The molecular weight excluding hydrogens is 124 g/mol. The van der Waals surface area contributed by atoms with Gasteiger partial charge in [0.05, 0.1) is 6.54 Å². The van der Waals surface area contributed by atoms with Crippen molar-refractivity contribution in [2.75, 3.05) is 6.54 Å². The molecule has 0 N–H and O–H groups in total. The van der Waals surface area contributed by atoms with E-state index in [1.165, 1.54) is 0 Å². The van der Waals surface area contributed by atoms with Crippen molar-refractivity contribution < 1.29 is 0 Å². The molecule has 1 aliphatic rings. The van der Waals surface area contributed by atoms with Gasteiger partial charge >= 0.3 is 0 Å². The lowest BCUT2D eigenvalue weighted by Crippen LogP contribution is -1.82. The van der Waals surface area contributed by atoms with Crippen LogP contribution >= 0.6 is 0 Å². The van der Waals surface area contributed by atoms with Crippen LogP contribution in [0.2, 0.25) is 0 Å². The van der Waals surface area contributed by atoms with Crippen molar-refractivity contribution in [2.45, 2.75) is 6.42 Å². The van der Waals surface area contributed by atoms with E-state index in [0.29, 0.717) is 0 Å². The second-order valence-electron chi connectivity index (χ2n) is 2.07. The average molecular weight is 134 g/mol. The highest BCUT2D eigenvalue weighted by molar-refractivity contribution is 5.83. The Morgan fingerprint density at radius 1 is 1.50 bits per heavy atom. The van der Waals surface area contributed by atoms with Gasteiger partial charge in [0.1, 0.15) is 0 Å². The van der Waals surface area contributed by atoms with Crippen LogP contribution in [0.4, 0.5) is 0 Å². The number of aliphatic imine (C=N–C) groups is 2. The van der Waals surface area contributed by atoms with Crippen molar-refractivity contribution in [1.82, 2.24) is 0 Å². The first-order chi connectivity index (χ1) is 4.89. The minimum Gasteiger partial charge on any atom is -0.293 e. The number of hydrogen-bond donors (Lipinski definition) is 0. The fourth-order valence-corrected chi connectivity index (χ4v) is 0.626. The predicted octanol–water partition coefficient (Wildman–Crippen LogP) is 1.60.